The monoisotopic (exact) mass is 291 g/mol. The second-order valence-corrected chi connectivity index (χ2v) is 4.88. The van der Waals surface area contributed by atoms with Crippen molar-refractivity contribution in [1.82, 2.24) is 4.90 Å². The zero-order valence-corrected chi connectivity index (χ0v) is 11.5. The molecular weight excluding hydrogens is 276 g/mol. The summed E-state index contributed by atoms with van der Waals surface area (Å²) in [7, 11) is 1.75. The van der Waals surface area contributed by atoms with Crippen LogP contribution in [0.5, 0.6) is 0 Å². The molecular formula is C16H15F2NO2. The highest BCUT2D eigenvalue weighted by Crippen LogP contribution is 2.15. The second-order valence-electron chi connectivity index (χ2n) is 4.88. The van der Waals surface area contributed by atoms with E-state index in [0.29, 0.717) is 17.7 Å². The summed E-state index contributed by atoms with van der Waals surface area (Å²) >= 11 is 0. The first-order valence-corrected chi connectivity index (χ1v) is 6.41. The number of carboxylic acid groups (broad SMARTS) is 1. The van der Waals surface area contributed by atoms with Crippen molar-refractivity contribution in [2.24, 2.45) is 0 Å². The Morgan fingerprint density at radius 1 is 1.05 bits per heavy atom. The summed E-state index contributed by atoms with van der Waals surface area (Å²) in [5, 5.41) is 8.79. The molecule has 21 heavy (non-hydrogen) atoms. The van der Waals surface area contributed by atoms with Crippen LogP contribution in [-0.4, -0.2) is 23.0 Å². The van der Waals surface area contributed by atoms with E-state index in [1.54, 1.807) is 30.1 Å². The Morgan fingerprint density at radius 3 is 2.24 bits per heavy atom. The third-order valence-corrected chi connectivity index (χ3v) is 3.14. The van der Waals surface area contributed by atoms with Crippen LogP contribution in [0.3, 0.4) is 0 Å². The Hall–Kier alpha value is -2.27. The standard InChI is InChI=1S/C16H15F2NO2/c1-19(9-12-4-2-3-5-14(12)17)10-13-7-6-11(16(20)21)8-15(13)18/h2-8H,9-10H2,1H3,(H,20,21). The number of rotatable bonds is 5. The molecule has 0 aliphatic carbocycles. The molecule has 2 aromatic carbocycles. The molecule has 3 nitrogen and oxygen atoms in total. The van der Waals surface area contributed by atoms with Gasteiger partial charge in [-0.15, -0.1) is 0 Å². The van der Waals surface area contributed by atoms with Gasteiger partial charge in [-0.2, -0.15) is 0 Å². The first-order chi connectivity index (χ1) is 9.97. The number of hydrogen-bond acceptors (Lipinski definition) is 2. The molecule has 2 rings (SSSR count). The minimum atomic E-state index is -1.17. The van der Waals surface area contributed by atoms with Gasteiger partial charge in [-0.05, 0) is 25.2 Å². The molecule has 0 aliphatic heterocycles. The molecule has 0 aromatic heterocycles. The lowest BCUT2D eigenvalue weighted by Gasteiger charge is -2.17. The van der Waals surface area contributed by atoms with Gasteiger partial charge in [-0.3, -0.25) is 4.90 Å². The van der Waals surface area contributed by atoms with Crippen LogP contribution in [0.2, 0.25) is 0 Å². The van der Waals surface area contributed by atoms with Crippen molar-refractivity contribution in [2.75, 3.05) is 7.05 Å². The van der Waals surface area contributed by atoms with Crippen molar-refractivity contribution >= 4 is 5.97 Å². The van der Waals surface area contributed by atoms with E-state index in [9.17, 15) is 13.6 Å². The molecule has 0 amide bonds. The fraction of sp³-hybridized carbons (Fsp3) is 0.188. The van der Waals surface area contributed by atoms with Crippen LogP contribution in [0.1, 0.15) is 21.5 Å². The smallest absolute Gasteiger partial charge is 0.335 e. The Labute approximate surface area is 121 Å². The average molecular weight is 291 g/mol. The van der Waals surface area contributed by atoms with Crippen molar-refractivity contribution in [3.63, 3.8) is 0 Å². The van der Waals surface area contributed by atoms with Crippen LogP contribution in [-0.2, 0) is 13.1 Å². The van der Waals surface area contributed by atoms with E-state index in [1.807, 2.05) is 0 Å². The summed E-state index contributed by atoms with van der Waals surface area (Å²) < 4.78 is 27.4. The van der Waals surface area contributed by atoms with Gasteiger partial charge in [0.25, 0.3) is 0 Å². The van der Waals surface area contributed by atoms with Gasteiger partial charge >= 0.3 is 5.97 Å². The molecule has 0 unspecified atom stereocenters. The lowest BCUT2D eigenvalue weighted by atomic mass is 10.1. The van der Waals surface area contributed by atoms with E-state index < -0.39 is 11.8 Å². The predicted octanol–water partition coefficient (Wildman–Crippen LogP) is 3.30. The molecule has 0 atom stereocenters. The van der Waals surface area contributed by atoms with E-state index in [-0.39, 0.29) is 17.9 Å². The maximum absolute atomic E-state index is 13.8. The quantitative estimate of drug-likeness (QED) is 0.919. The summed E-state index contributed by atoms with van der Waals surface area (Å²) in [5.74, 6) is -2.04. The van der Waals surface area contributed by atoms with Crippen LogP contribution in [0.25, 0.3) is 0 Å². The lowest BCUT2D eigenvalue weighted by Crippen LogP contribution is -2.19. The Kier molecular flexibility index (Phi) is 4.65. The van der Waals surface area contributed by atoms with E-state index in [0.717, 1.165) is 6.07 Å². The number of nitrogens with zero attached hydrogens (tertiary/aromatic N) is 1. The Bertz CT molecular complexity index is 658. The molecule has 0 radical (unpaired) electrons. The molecule has 0 saturated heterocycles. The number of hydrogen-bond donors (Lipinski definition) is 1. The van der Waals surface area contributed by atoms with Crippen LogP contribution in [0, 0.1) is 11.6 Å². The van der Waals surface area contributed by atoms with Gasteiger partial charge in [0.05, 0.1) is 5.56 Å². The zero-order valence-electron chi connectivity index (χ0n) is 11.5. The molecule has 0 bridgehead atoms. The first kappa shape index (κ1) is 15.1. The predicted molar refractivity (Wildman–Crippen MR) is 74.9 cm³/mol. The Morgan fingerprint density at radius 2 is 1.67 bits per heavy atom. The molecule has 0 heterocycles. The molecule has 0 saturated carbocycles. The number of carbonyl (C=O) groups is 1. The average Bonchev–Trinajstić information content (AvgIpc) is 2.43. The van der Waals surface area contributed by atoms with E-state index in [4.69, 9.17) is 5.11 Å². The highest BCUT2D eigenvalue weighted by Gasteiger charge is 2.11. The minimum absolute atomic E-state index is 0.0898. The van der Waals surface area contributed by atoms with Crippen molar-refractivity contribution in [1.29, 1.82) is 0 Å². The Balaban J connectivity index is 2.08. The minimum Gasteiger partial charge on any atom is -0.478 e. The number of benzene rings is 2. The lowest BCUT2D eigenvalue weighted by molar-refractivity contribution is 0.0696. The summed E-state index contributed by atoms with van der Waals surface area (Å²) in [6.45, 7) is 0.604. The van der Waals surface area contributed by atoms with Crippen LogP contribution in [0.15, 0.2) is 42.5 Å². The maximum atomic E-state index is 13.8. The fourth-order valence-electron chi connectivity index (χ4n) is 2.07. The highest BCUT2D eigenvalue weighted by atomic mass is 19.1. The normalized spacial score (nSPS) is 10.9. The number of aromatic carboxylic acids is 1. The van der Waals surface area contributed by atoms with Crippen molar-refractivity contribution < 1.29 is 18.7 Å². The molecule has 110 valence electrons. The fourth-order valence-corrected chi connectivity index (χ4v) is 2.07. The van der Waals surface area contributed by atoms with Gasteiger partial charge in [0, 0.05) is 24.2 Å². The van der Waals surface area contributed by atoms with Gasteiger partial charge in [0.15, 0.2) is 0 Å². The second kappa shape index (κ2) is 6.45. The molecule has 0 fully saturated rings. The maximum Gasteiger partial charge on any atom is 0.335 e. The number of halogens is 2. The number of carboxylic acids is 1. The first-order valence-electron chi connectivity index (χ1n) is 6.41. The van der Waals surface area contributed by atoms with Gasteiger partial charge in [-0.1, -0.05) is 24.3 Å². The molecule has 5 heteroatoms. The zero-order chi connectivity index (χ0) is 15.4. The van der Waals surface area contributed by atoms with Crippen LogP contribution in [0.4, 0.5) is 8.78 Å². The topological polar surface area (TPSA) is 40.5 Å². The van der Waals surface area contributed by atoms with Gasteiger partial charge in [-0.25, -0.2) is 13.6 Å². The molecule has 0 aliphatic rings. The van der Waals surface area contributed by atoms with Crippen molar-refractivity contribution in [3.8, 4) is 0 Å². The molecule has 1 N–H and O–H groups in total. The summed E-state index contributed by atoms with van der Waals surface area (Å²) in [6, 6.07) is 10.2. The van der Waals surface area contributed by atoms with Crippen LogP contribution >= 0.6 is 0 Å². The van der Waals surface area contributed by atoms with E-state index in [2.05, 4.69) is 0 Å². The van der Waals surface area contributed by atoms with Crippen molar-refractivity contribution in [2.45, 2.75) is 13.1 Å². The third-order valence-electron chi connectivity index (χ3n) is 3.14. The molecule has 0 spiro atoms. The summed E-state index contributed by atoms with van der Waals surface area (Å²) in [5.41, 5.74) is 0.814. The molecule has 2 aromatic rings. The van der Waals surface area contributed by atoms with E-state index >= 15 is 0 Å². The summed E-state index contributed by atoms with van der Waals surface area (Å²) in [6.07, 6.45) is 0. The SMILES string of the molecule is CN(Cc1ccccc1F)Cc1ccc(C(=O)O)cc1F. The van der Waals surface area contributed by atoms with Crippen molar-refractivity contribution in [3.05, 3.63) is 70.8 Å². The van der Waals surface area contributed by atoms with Gasteiger partial charge < -0.3 is 5.11 Å². The highest BCUT2D eigenvalue weighted by molar-refractivity contribution is 5.87. The third kappa shape index (κ3) is 3.86. The van der Waals surface area contributed by atoms with E-state index in [1.165, 1.54) is 18.2 Å². The van der Waals surface area contributed by atoms with Crippen LogP contribution < -0.4 is 0 Å². The summed E-state index contributed by atoms with van der Waals surface area (Å²) in [4.78, 5) is 12.5. The van der Waals surface area contributed by atoms with Gasteiger partial charge in [0.2, 0.25) is 0 Å². The van der Waals surface area contributed by atoms with Gasteiger partial charge in [0.1, 0.15) is 11.6 Å². The largest absolute Gasteiger partial charge is 0.478 e.